The van der Waals surface area contributed by atoms with Crippen LogP contribution in [0.5, 0.6) is 0 Å². The Kier molecular flexibility index (Phi) is 16.2. The van der Waals surface area contributed by atoms with Crippen LogP contribution in [0.25, 0.3) is 0 Å². The van der Waals surface area contributed by atoms with E-state index in [1.807, 2.05) is 0 Å². The quantitative estimate of drug-likeness (QED) is 0.613. The zero-order chi connectivity index (χ0) is 8.41. The fraction of sp³-hybridized carbons (Fsp3) is 1.00. The molecular weight excluding hydrogens is 165 g/mol. The molecule has 0 aliphatic rings. The first-order chi connectivity index (χ1) is 4.76. The molecule has 4 heteroatoms. The van der Waals surface area contributed by atoms with Crippen molar-refractivity contribution in [2.75, 3.05) is 19.6 Å². The van der Waals surface area contributed by atoms with Crippen LogP contribution in [0.15, 0.2) is 0 Å². The fourth-order valence-electron chi connectivity index (χ4n) is 0.671. The molecule has 0 saturated heterocycles. The molecule has 0 aromatic heterocycles. The van der Waals surface area contributed by atoms with E-state index in [0.717, 1.165) is 0 Å². The first-order valence-electron chi connectivity index (χ1n) is 3.52. The second kappa shape index (κ2) is 12.3. The van der Waals surface area contributed by atoms with Crippen molar-refractivity contribution in [1.29, 1.82) is 0 Å². The maximum absolute atomic E-state index is 8.78. The van der Waals surface area contributed by atoms with Crippen molar-refractivity contribution in [2.45, 2.75) is 20.8 Å². The van der Waals surface area contributed by atoms with Crippen LogP contribution in [0, 0.1) is 0 Å². The van der Waals surface area contributed by atoms with Crippen LogP contribution in [-0.2, 0) is 3.80 Å². The molecule has 0 bridgehead atoms. The van der Waals surface area contributed by atoms with Gasteiger partial charge >= 0.3 is 28.1 Å². The van der Waals surface area contributed by atoms with Crippen molar-refractivity contribution in [2.24, 2.45) is 0 Å². The van der Waals surface area contributed by atoms with Crippen LogP contribution < -0.4 is 0 Å². The molecule has 2 nitrogen and oxygen atoms in total. The second-order valence-electron chi connectivity index (χ2n) is 1.71. The van der Waals surface area contributed by atoms with Crippen molar-refractivity contribution < 1.29 is 3.80 Å². The molecular formula is C6H15AlClNO. The molecule has 0 saturated carbocycles. The van der Waals surface area contributed by atoms with Gasteiger partial charge in [-0.3, -0.25) is 0 Å². The first-order valence-corrected chi connectivity index (χ1v) is 5.74. The van der Waals surface area contributed by atoms with Crippen molar-refractivity contribution in [3.8, 4) is 0 Å². The topological polar surface area (TPSA) is 20.3 Å². The fourth-order valence-corrected chi connectivity index (χ4v) is 0.671. The van der Waals surface area contributed by atoms with Gasteiger partial charge in [-0.25, -0.2) is 0 Å². The number of hydrogen-bond donors (Lipinski definition) is 0. The number of hydrogen-bond acceptors (Lipinski definition) is 2. The summed E-state index contributed by atoms with van der Waals surface area (Å²) >= 11 is -1.03. The monoisotopic (exact) mass is 179 g/mol. The maximum atomic E-state index is 8.78. The van der Waals surface area contributed by atoms with Gasteiger partial charge in [0.25, 0.3) is 0 Å². The third-order valence-corrected chi connectivity index (χ3v) is 1.34. The van der Waals surface area contributed by atoms with Crippen LogP contribution in [0.2, 0.25) is 0 Å². The summed E-state index contributed by atoms with van der Waals surface area (Å²) in [4.78, 5) is 2.38. The summed E-state index contributed by atoms with van der Waals surface area (Å²) < 4.78 is 8.78. The van der Waals surface area contributed by atoms with Gasteiger partial charge in [0.15, 0.2) is 0 Å². The third kappa shape index (κ3) is 11.4. The van der Waals surface area contributed by atoms with Crippen molar-refractivity contribution in [1.82, 2.24) is 4.90 Å². The predicted molar refractivity (Wildman–Crippen MR) is 45.8 cm³/mol. The number of halogens is 1. The molecule has 10 heavy (non-hydrogen) atoms. The molecule has 0 unspecified atom stereocenters. The van der Waals surface area contributed by atoms with E-state index in [2.05, 4.69) is 35.7 Å². The Labute approximate surface area is 73.7 Å². The Balaban J connectivity index is 0. The van der Waals surface area contributed by atoms with E-state index in [0.29, 0.717) is 0 Å². The summed E-state index contributed by atoms with van der Waals surface area (Å²) in [5.41, 5.74) is 0. The average molecular weight is 180 g/mol. The van der Waals surface area contributed by atoms with Gasteiger partial charge in [0.2, 0.25) is 0 Å². The minimum atomic E-state index is -1.03. The minimum absolute atomic E-state index is 1.03. The summed E-state index contributed by atoms with van der Waals surface area (Å²) in [6.07, 6.45) is 0. The van der Waals surface area contributed by atoms with Crippen molar-refractivity contribution in [3.05, 3.63) is 0 Å². The molecule has 60 valence electrons. The van der Waals surface area contributed by atoms with E-state index in [4.69, 9.17) is 3.80 Å². The molecule has 0 radical (unpaired) electrons. The predicted octanol–water partition coefficient (Wildman–Crippen LogP) is 1.54. The number of nitrogens with zero attached hydrogens (tertiary/aromatic N) is 1. The van der Waals surface area contributed by atoms with E-state index in [1.165, 1.54) is 19.6 Å². The molecule has 0 aromatic rings. The molecule has 0 aliphatic carbocycles. The van der Waals surface area contributed by atoms with Crippen molar-refractivity contribution >= 4 is 24.3 Å². The molecule has 0 aliphatic heterocycles. The molecule has 0 rings (SSSR count). The van der Waals surface area contributed by atoms with E-state index in [9.17, 15) is 0 Å². The molecule has 0 aromatic carbocycles. The van der Waals surface area contributed by atoms with Crippen molar-refractivity contribution in [3.63, 3.8) is 0 Å². The first kappa shape index (κ1) is 13.2. The van der Waals surface area contributed by atoms with Gasteiger partial charge in [0.05, 0.1) is 0 Å². The summed E-state index contributed by atoms with van der Waals surface area (Å²) in [5, 5.41) is 0. The van der Waals surface area contributed by atoms with Gasteiger partial charge in [0, 0.05) is 0 Å². The van der Waals surface area contributed by atoms with Gasteiger partial charge in [-0.15, -0.1) is 0 Å². The molecule has 0 heterocycles. The van der Waals surface area contributed by atoms with Gasteiger partial charge in [-0.05, 0) is 19.6 Å². The molecule has 0 N–H and O–H groups in total. The van der Waals surface area contributed by atoms with E-state index >= 15 is 0 Å². The second-order valence-corrected chi connectivity index (χ2v) is 2.42. The Hall–Kier alpha value is 0.582. The zero-order valence-corrected chi connectivity index (χ0v) is 8.84. The zero-order valence-electron chi connectivity index (χ0n) is 6.93. The van der Waals surface area contributed by atoms with Gasteiger partial charge < -0.3 is 4.90 Å². The average Bonchev–Trinajstić information content (AvgIpc) is 1.93. The Bertz CT molecular complexity index is 63.3. The summed E-state index contributed by atoms with van der Waals surface area (Å²) in [7, 11) is 4.53. The Morgan fingerprint density at radius 1 is 1.20 bits per heavy atom. The SMILES string of the molecule is CCN(CC)CC.[O]=[Al][Cl]. The summed E-state index contributed by atoms with van der Waals surface area (Å²) in [6, 6.07) is 0. The van der Waals surface area contributed by atoms with Gasteiger partial charge in [-0.1, -0.05) is 20.8 Å². The Morgan fingerprint density at radius 2 is 1.40 bits per heavy atom. The van der Waals surface area contributed by atoms with Gasteiger partial charge in [0.1, 0.15) is 0 Å². The molecule has 0 fully saturated rings. The standard InChI is InChI=1S/C6H15N.Al.ClH.O/c1-4-7(5-2)6-3;;;/h4-6H2,1-3H3;;1H;/q;+1;;/p-1. The number of rotatable bonds is 3. The molecule has 0 amide bonds. The Morgan fingerprint density at radius 3 is 1.40 bits per heavy atom. The van der Waals surface area contributed by atoms with E-state index in [1.54, 1.807) is 0 Å². The van der Waals surface area contributed by atoms with Crippen LogP contribution >= 0.6 is 10.0 Å². The summed E-state index contributed by atoms with van der Waals surface area (Å²) in [5.74, 6) is 0. The van der Waals surface area contributed by atoms with Crippen LogP contribution in [-0.4, -0.2) is 38.8 Å². The van der Waals surface area contributed by atoms with E-state index in [-0.39, 0.29) is 0 Å². The third-order valence-electron chi connectivity index (χ3n) is 1.34. The normalized spacial score (nSPS) is 8.10. The van der Waals surface area contributed by atoms with Crippen LogP contribution in [0.4, 0.5) is 0 Å². The van der Waals surface area contributed by atoms with Crippen LogP contribution in [0.3, 0.4) is 0 Å². The van der Waals surface area contributed by atoms with E-state index < -0.39 is 14.2 Å². The van der Waals surface area contributed by atoms with Gasteiger partial charge in [-0.2, -0.15) is 0 Å². The molecule has 0 spiro atoms. The summed E-state index contributed by atoms with van der Waals surface area (Å²) in [6.45, 7) is 10.1. The van der Waals surface area contributed by atoms with Crippen LogP contribution in [0.1, 0.15) is 20.8 Å². The molecule has 0 atom stereocenters.